The number of likely N-dealkylation sites (tertiary alicyclic amines) is 1. The Morgan fingerprint density at radius 1 is 1.37 bits per heavy atom. The maximum absolute atomic E-state index is 8.98. The second-order valence-electron chi connectivity index (χ2n) is 6.45. The van der Waals surface area contributed by atoms with E-state index >= 15 is 0 Å². The zero-order valence-corrected chi connectivity index (χ0v) is 13.2. The first-order valence-corrected chi connectivity index (χ1v) is 7.37. The number of halogens is 1. The van der Waals surface area contributed by atoms with Crippen molar-refractivity contribution in [3.63, 3.8) is 0 Å². The van der Waals surface area contributed by atoms with E-state index in [1.807, 2.05) is 0 Å². The van der Waals surface area contributed by atoms with Gasteiger partial charge in [-0.15, -0.1) is 12.4 Å². The van der Waals surface area contributed by atoms with Crippen LogP contribution in [-0.4, -0.2) is 73.9 Å². The summed E-state index contributed by atoms with van der Waals surface area (Å²) in [6.07, 6.45) is 3.82. The highest BCUT2D eigenvalue weighted by atomic mass is 35.5. The molecule has 0 bridgehead atoms. The van der Waals surface area contributed by atoms with Gasteiger partial charge in [-0.05, 0) is 51.4 Å². The van der Waals surface area contributed by atoms with Gasteiger partial charge in [-0.3, -0.25) is 0 Å². The number of aliphatic hydroxyl groups is 1. The third kappa shape index (κ3) is 4.87. The van der Waals surface area contributed by atoms with E-state index in [4.69, 9.17) is 5.11 Å². The predicted molar refractivity (Wildman–Crippen MR) is 82.0 cm³/mol. The summed E-state index contributed by atoms with van der Waals surface area (Å²) in [6.45, 7) is 9.55. The SMILES string of the molecule is CN(CCO)C1CCN(CC2(C)CCNC2)CC1.Cl. The van der Waals surface area contributed by atoms with Gasteiger partial charge < -0.3 is 20.2 Å². The van der Waals surface area contributed by atoms with Crippen LogP contribution in [0.3, 0.4) is 0 Å². The molecule has 114 valence electrons. The van der Waals surface area contributed by atoms with Crippen LogP contribution in [-0.2, 0) is 0 Å². The highest BCUT2D eigenvalue weighted by molar-refractivity contribution is 5.85. The van der Waals surface area contributed by atoms with E-state index in [2.05, 4.69) is 29.1 Å². The summed E-state index contributed by atoms with van der Waals surface area (Å²) in [5.41, 5.74) is 0.490. The maximum Gasteiger partial charge on any atom is 0.0558 e. The van der Waals surface area contributed by atoms with Crippen LogP contribution in [0.2, 0.25) is 0 Å². The molecule has 0 aromatic carbocycles. The van der Waals surface area contributed by atoms with E-state index < -0.39 is 0 Å². The van der Waals surface area contributed by atoms with Crippen molar-refractivity contribution in [1.82, 2.24) is 15.1 Å². The number of hydrogen-bond acceptors (Lipinski definition) is 4. The Balaban J connectivity index is 0.00000180. The van der Waals surface area contributed by atoms with E-state index in [1.165, 1.54) is 52.0 Å². The first-order valence-electron chi connectivity index (χ1n) is 7.37. The van der Waals surface area contributed by atoms with Gasteiger partial charge in [0.2, 0.25) is 0 Å². The Hall–Kier alpha value is 0.130. The molecule has 0 aromatic rings. The normalized spacial score (nSPS) is 29.7. The molecule has 2 aliphatic rings. The molecular weight excluding hydrogens is 262 g/mol. The van der Waals surface area contributed by atoms with E-state index in [0.717, 1.165) is 6.54 Å². The van der Waals surface area contributed by atoms with Crippen LogP contribution in [0.4, 0.5) is 0 Å². The van der Waals surface area contributed by atoms with Gasteiger partial charge in [0.25, 0.3) is 0 Å². The van der Waals surface area contributed by atoms with Gasteiger partial charge in [-0.25, -0.2) is 0 Å². The number of piperidine rings is 1. The van der Waals surface area contributed by atoms with Crippen LogP contribution < -0.4 is 5.32 Å². The number of rotatable bonds is 5. The molecule has 2 heterocycles. The number of hydrogen-bond donors (Lipinski definition) is 2. The summed E-state index contributed by atoms with van der Waals surface area (Å²) < 4.78 is 0. The second kappa shape index (κ2) is 7.79. The lowest BCUT2D eigenvalue weighted by atomic mass is 9.88. The van der Waals surface area contributed by atoms with Crippen LogP contribution in [0, 0.1) is 5.41 Å². The van der Waals surface area contributed by atoms with E-state index in [-0.39, 0.29) is 19.0 Å². The van der Waals surface area contributed by atoms with Crippen LogP contribution in [0.15, 0.2) is 0 Å². The van der Waals surface area contributed by atoms with Crippen molar-refractivity contribution >= 4 is 12.4 Å². The molecule has 2 saturated heterocycles. The quantitative estimate of drug-likeness (QED) is 0.786. The fraction of sp³-hybridized carbons (Fsp3) is 1.00. The summed E-state index contributed by atoms with van der Waals surface area (Å²) in [6, 6.07) is 0.669. The van der Waals surface area contributed by atoms with Gasteiger partial charge in [0, 0.05) is 25.7 Å². The maximum atomic E-state index is 8.98. The van der Waals surface area contributed by atoms with Crippen molar-refractivity contribution in [2.45, 2.75) is 32.2 Å². The zero-order chi connectivity index (χ0) is 13.0. The second-order valence-corrected chi connectivity index (χ2v) is 6.45. The molecule has 4 nitrogen and oxygen atoms in total. The van der Waals surface area contributed by atoms with Crippen LogP contribution in [0.1, 0.15) is 26.2 Å². The number of aliphatic hydroxyl groups excluding tert-OH is 1. The zero-order valence-electron chi connectivity index (χ0n) is 12.4. The molecule has 2 aliphatic heterocycles. The third-order valence-electron chi connectivity index (χ3n) is 4.70. The third-order valence-corrected chi connectivity index (χ3v) is 4.70. The Labute approximate surface area is 123 Å². The van der Waals surface area contributed by atoms with Crippen LogP contribution >= 0.6 is 12.4 Å². The van der Waals surface area contributed by atoms with Gasteiger partial charge in [-0.1, -0.05) is 6.92 Å². The lowest BCUT2D eigenvalue weighted by molar-refractivity contribution is 0.0883. The first kappa shape index (κ1) is 17.2. The van der Waals surface area contributed by atoms with Gasteiger partial charge in [0.05, 0.1) is 6.61 Å². The summed E-state index contributed by atoms with van der Waals surface area (Å²) in [4.78, 5) is 4.95. The number of nitrogens with zero attached hydrogens (tertiary/aromatic N) is 2. The molecule has 1 atom stereocenters. The number of likely N-dealkylation sites (N-methyl/N-ethyl adjacent to an activating group) is 1. The van der Waals surface area contributed by atoms with Gasteiger partial charge in [-0.2, -0.15) is 0 Å². The highest BCUT2D eigenvalue weighted by Gasteiger charge is 2.32. The van der Waals surface area contributed by atoms with E-state index in [0.29, 0.717) is 11.5 Å². The Morgan fingerprint density at radius 2 is 2.05 bits per heavy atom. The topological polar surface area (TPSA) is 38.7 Å². The minimum absolute atomic E-state index is 0. The molecule has 19 heavy (non-hydrogen) atoms. The van der Waals surface area contributed by atoms with Crippen molar-refractivity contribution in [3.05, 3.63) is 0 Å². The Morgan fingerprint density at radius 3 is 2.58 bits per heavy atom. The molecule has 0 aromatic heterocycles. The Kier molecular flexibility index (Phi) is 7.05. The summed E-state index contributed by atoms with van der Waals surface area (Å²) in [7, 11) is 2.14. The minimum atomic E-state index is 0. The predicted octanol–water partition coefficient (Wildman–Crippen LogP) is 0.796. The van der Waals surface area contributed by atoms with Crippen molar-refractivity contribution in [1.29, 1.82) is 0 Å². The average Bonchev–Trinajstić information content (AvgIpc) is 2.77. The summed E-state index contributed by atoms with van der Waals surface area (Å²) in [5.74, 6) is 0. The lowest BCUT2D eigenvalue weighted by Gasteiger charge is -2.39. The first-order chi connectivity index (χ1) is 8.63. The molecule has 2 rings (SSSR count). The Bertz CT molecular complexity index is 251. The van der Waals surface area contributed by atoms with Crippen LogP contribution in [0.25, 0.3) is 0 Å². The largest absolute Gasteiger partial charge is 0.395 e. The fourth-order valence-electron chi connectivity index (χ4n) is 3.40. The monoisotopic (exact) mass is 291 g/mol. The van der Waals surface area contributed by atoms with Gasteiger partial charge in [0.15, 0.2) is 0 Å². The molecule has 2 N–H and O–H groups in total. The average molecular weight is 292 g/mol. The van der Waals surface area contributed by atoms with Gasteiger partial charge in [0.1, 0.15) is 0 Å². The van der Waals surface area contributed by atoms with E-state index in [1.54, 1.807) is 0 Å². The summed E-state index contributed by atoms with van der Waals surface area (Å²) in [5, 5.41) is 12.5. The minimum Gasteiger partial charge on any atom is -0.395 e. The highest BCUT2D eigenvalue weighted by Crippen LogP contribution is 2.27. The van der Waals surface area contributed by atoms with Crippen LogP contribution in [0.5, 0.6) is 0 Å². The van der Waals surface area contributed by atoms with Crippen molar-refractivity contribution in [2.24, 2.45) is 5.41 Å². The van der Waals surface area contributed by atoms with Crippen molar-refractivity contribution in [2.75, 3.05) is 52.9 Å². The summed E-state index contributed by atoms with van der Waals surface area (Å²) >= 11 is 0. The molecule has 0 amide bonds. The molecule has 5 heteroatoms. The molecule has 0 spiro atoms. The fourth-order valence-corrected chi connectivity index (χ4v) is 3.40. The molecule has 0 saturated carbocycles. The standard InChI is InChI=1S/C14H29N3O.ClH/c1-14(5-6-15-11-14)12-17-7-3-13(4-8-17)16(2)9-10-18;/h13,15,18H,3-12H2,1-2H3;1H. The van der Waals surface area contributed by atoms with Crippen molar-refractivity contribution < 1.29 is 5.11 Å². The lowest BCUT2D eigenvalue weighted by Crippen LogP contribution is -2.47. The molecule has 0 aliphatic carbocycles. The smallest absolute Gasteiger partial charge is 0.0558 e. The molecule has 2 fully saturated rings. The molecule has 0 radical (unpaired) electrons. The number of nitrogens with one attached hydrogen (secondary N) is 1. The molecular formula is C14H30ClN3O. The molecule has 1 unspecified atom stereocenters. The van der Waals surface area contributed by atoms with Gasteiger partial charge >= 0.3 is 0 Å². The van der Waals surface area contributed by atoms with E-state index in [9.17, 15) is 0 Å². The van der Waals surface area contributed by atoms with Crippen molar-refractivity contribution in [3.8, 4) is 0 Å².